The summed E-state index contributed by atoms with van der Waals surface area (Å²) in [7, 11) is 0. The lowest BCUT2D eigenvalue weighted by Gasteiger charge is -2.27. The molecule has 29 heavy (non-hydrogen) atoms. The molecule has 0 saturated carbocycles. The number of hydrogen-bond donors (Lipinski definition) is 2. The molecule has 0 aliphatic heterocycles. The normalized spacial score (nSPS) is 11.3. The first-order valence-corrected chi connectivity index (χ1v) is 9.41. The van der Waals surface area contributed by atoms with Crippen molar-refractivity contribution in [1.82, 2.24) is 0 Å². The Morgan fingerprint density at radius 2 is 1.21 bits per heavy atom. The Morgan fingerprint density at radius 1 is 0.724 bits per heavy atom. The van der Waals surface area contributed by atoms with Gasteiger partial charge in [-0.2, -0.15) is 0 Å². The molecule has 0 unspecified atom stereocenters. The number of carboxylic acids is 2. The Balaban J connectivity index is 2.52. The van der Waals surface area contributed by atoms with Crippen LogP contribution in [-0.2, 0) is 5.41 Å². The molecule has 3 rings (SSSR count). The molecule has 0 amide bonds. The summed E-state index contributed by atoms with van der Waals surface area (Å²) in [6, 6.07) is 17.7. The molecule has 0 radical (unpaired) electrons. The predicted octanol–water partition coefficient (Wildman–Crippen LogP) is 6.02. The van der Waals surface area contributed by atoms with Crippen molar-refractivity contribution >= 4 is 11.9 Å². The summed E-state index contributed by atoms with van der Waals surface area (Å²) in [6.07, 6.45) is 0. The van der Waals surface area contributed by atoms with Crippen molar-refractivity contribution in [3.63, 3.8) is 0 Å². The molecule has 3 aromatic carbocycles. The molecule has 0 aliphatic rings. The molecule has 0 spiro atoms. The van der Waals surface area contributed by atoms with Crippen LogP contribution < -0.4 is 0 Å². The van der Waals surface area contributed by atoms with Crippen molar-refractivity contribution in [3.05, 3.63) is 82.9 Å². The van der Waals surface area contributed by atoms with Crippen molar-refractivity contribution < 1.29 is 19.8 Å². The van der Waals surface area contributed by atoms with Gasteiger partial charge in [0.05, 0.1) is 11.1 Å². The topological polar surface area (TPSA) is 74.6 Å². The van der Waals surface area contributed by atoms with E-state index in [-0.39, 0.29) is 16.5 Å². The molecule has 4 heteroatoms. The smallest absolute Gasteiger partial charge is 0.336 e. The molecular formula is C25H24O4. The van der Waals surface area contributed by atoms with Gasteiger partial charge in [0.25, 0.3) is 0 Å². The highest BCUT2D eigenvalue weighted by molar-refractivity contribution is 6.03. The van der Waals surface area contributed by atoms with Gasteiger partial charge in [-0.1, -0.05) is 74.9 Å². The molecule has 4 nitrogen and oxygen atoms in total. The maximum absolute atomic E-state index is 12.0. The fourth-order valence-electron chi connectivity index (χ4n) is 3.67. The number of aryl methyl sites for hydroxylation is 1. The van der Waals surface area contributed by atoms with Gasteiger partial charge in [-0.15, -0.1) is 0 Å². The summed E-state index contributed by atoms with van der Waals surface area (Å²) in [6.45, 7) is 8.18. The summed E-state index contributed by atoms with van der Waals surface area (Å²) >= 11 is 0. The minimum Gasteiger partial charge on any atom is -0.478 e. The molecule has 3 aromatic rings. The summed E-state index contributed by atoms with van der Waals surface area (Å²) < 4.78 is 0. The average Bonchev–Trinajstić information content (AvgIpc) is 2.66. The van der Waals surface area contributed by atoms with Gasteiger partial charge < -0.3 is 10.2 Å². The summed E-state index contributed by atoms with van der Waals surface area (Å²) in [5.74, 6) is -2.03. The van der Waals surface area contributed by atoms with Crippen molar-refractivity contribution in [1.29, 1.82) is 0 Å². The molecule has 0 aromatic heterocycles. The highest BCUT2D eigenvalue weighted by Crippen LogP contribution is 2.43. The molecule has 0 atom stereocenters. The van der Waals surface area contributed by atoms with E-state index in [0.29, 0.717) is 11.1 Å². The summed E-state index contributed by atoms with van der Waals surface area (Å²) in [5.41, 5.74) is 4.70. The van der Waals surface area contributed by atoms with Crippen LogP contribution in [-0.4, -0.2) is 22.2 Å². The molecule has 0 bridgehead atoms. The lowest BCUT2D eigenvalue weighted by atomic mass is 9.76. The number of benzene rings is 3. The van der Waals surface area contributed by atoms with Gasteiger partial charge in [-0.25, -0.2) is 9.59 Å². The van der Waals surface area contributed by atoms with E-state index >= 15 is 0 Å². The third-order valence-electron chi connectivity index (χ3n) is 4.97. The van der Waals surface area contributed by atoms with Gasteiger partial charge in [0.2, 0.25) is 0 Å². The third-order valence-corrected chi connectivity index (χ3v) is 4.97. The molecular weight excluding hydrogens is 364 g/mol. The second-order valence-electron chi connectivity index (χ2n) is 8.19. The first-order chi connectivity index (χ1) is 13.6. The van der Waals surface area contributed by atoms with E-state index in [1.54, 1.807) is 48.5 Å². The van der Waals surface area contributed by atoms with Gasteiger partial charge >= 0.3 is 11.9 Å². The fourth-order valence-corrected chi connectivity index (χ4v) is 3.67. The van der Waals surface area contributed by atoms with Crippen LogP contribution in [0.25, 0.3) is 22.3 Å². The van der Waals surface area contributed by atoms with Gasteiger partial charge in [0.1, 0.15) is 0 Å². The lowest BCUT2D eigenvalue weighted by Crippen LogP contribution is -2.15. The maximum atomic E-state index is 12.0. The molecule has 0 aliphatic carbocycles. The highest BCUT2D eigenvalue weighted by Gasteiger charge is 2.26. The monoisotopic (exact) mass is 388 g/mol. The van der Waals surface area contributed by atoms with Crippen LogP contribution in [0.15, 0.2) is 60.7 Å². The predicted molar refractivity (Wildman–Crippen MR) is 115 cm³/mol. The first kappa shape index (κ1) is 20.3. The molecule has 148 valence electrons. The van der Waals surface area contributed by atoms with E-state index in [4.69, 9.17) is 0 Å². The highest BCUT2D eigenvalue weighted by atomic mass is 16.4. The Kier molecular flexibility index (Phi) is 5.29. The van der Waals surface area contributed by atoms with Crippen LogP contribution in [0.5, 0.6) is 0 Å². The lowest BCUT2D eigenvalue weighted by molar-refractivity contribution is 0.0686. The van der Waals surface area contributed by atoms with Crippen LogP contribution in [0.4, 0.5) is 0 Å². The quantitative estimate of drug-likeness (QED) is 0.573. The van der Waals surface area contributed by atoms with Gasteiger partial charge in [0, 0.05) is 0 Å². The molecule has 0 saturated heterocycles. The number of hydrogen-bond acceptors (Lipinski definition) is 2. The number of aromatic carboxylic acids is 2. The van der Waals surface area contributed by atoms with E-state index in [9.17, 15) is 19.8 Å². The zero-order chi connectivity index (χ0) is 21.3. The Hall–Kier alpha value is -3.40. The largest absolute Gasteiger partial charge is 0.478 e. The van der Waals surface area contributed by atoms with Crippen LogP contribution >= 0.6 is 0 Å². The van der Waals surface area contributed by atoms with Gasteiger partial charge in [-0.05, 0) is 52.3 Å². The van der Waals surface area contributed by atoms with Crippen molar-refractivity contribution in [2.75, 3.05) is 0 Å². The van der Waals surface area contributed by atoms with E-state index in [2.05, 4.69) is 26.8 Å². The standard InChI is InChI=1S/C25H24O4/c1-15-13-20(16-9-5-7-11-18(16)23(26)27)22(21(14-15)25(2,3)4)17-10-6-8-12-19(17)24(28)29/h5-14H,1-4H3,(H,26,27)(H,28,29). The zero-order valence-corrected chi connectivity index (χ0v) is 17.0. The zero-order valence-electron chi connectivity index (χ0n) is 17.0. The van der Waals surface area contributed by atoms with Gasteiger partial charge in [0.15, 0.2) is 0 Å². The summed E-state index contributed by atoms with van der Waals surface area (Å²) in [4.78, 5) is 23.8. The Morgan fingerprint density at radius 3 is 1.72 bits per heavy atom. The third kappa shape index (κ3) is 3.92. The Labute approximate surface area is 170 Å². The van der Waals surface area contributed by atoms with Crippen LogP contribution in [0.2, 0.25) is 0 Å². The van der Waals surface area contributed by atoms with Crippen LogP contribution in [0.3, 0.4) is 0 Å². The summed E-state index contributed by atoms with van der Waals surface area (Å²) in [5, 5.41) is 19.5. The first-order valence-electron chi connectivity index (χ1n) is 9.41. The molecule has 0 fully saturated rings. The van der Waals surface area contributed by atoms with Crippen LogP contribution in [0, 0.1) is 6.92 Å². The SMILES string of the molecule is Cc1cc(-c2ccccc2C(=O)O)c(-c2ccccc2C(=O)O)c(C(C)(C)C)c1. The Bertz CT molecular complexity index is 1100. The van der Waals surface area contributed by atoms with Crippen molar-refractivity contribution in [3.8, 4) is 22.3 Å². The van der Waals surface area contributed by atoms with Crippen molar-refractivity contribution in [2.45, 2.75) is 33.1 Å². The van der Waals surface area contributed by atoms with Crippen LogP contribution in [0.1, 0.15) is 52.6 Å². The minimum atomic E-state index is -1.02. The van der Waals surface area contributed by atoms with Crippen molar-refractivity contribution in [2.24, 2.45) is 0 Å². The van der Waals surface area contributed by atoms with E-state index in [1.807, 2.05) is 13.0 Å². The number of carbonyl (C=O) groups is 2. The van der Waals surface area contributed by atoms with E-state index in [1.165, 1.54) is 0 Å². The van der Waals surface area contributed by atoms with Gasteiger partial charge in [-0.3, -0.25) is 0 Å². The van der Waals surface area contributed by atoms with E-state index in [0.717, 1.165) is 22.3 Å². The molecule has 0 heterocycles. The molecule has 2 N–H and O–H groups in total. The second-order valence-corrected chi connectivity index (χ2v) is 8.19. The van der Waals surface area contributed by atoms with E-state index < -0.39 is 11.9 Å². The fraction of sp³-hybridized carbons (Fsp3) is 0.200. The number of carboxylic acid groups (broad SMARTS) is 2. The minimum absolute atomic E-state index is 0.187. The number of rotatable bonds is 4. The second kappa shape index (κ2) is 7.55. The average molecular weight is 388 g/mol. The maximum Gasteiger partial charge on any atom is 0.336 e.